The van der Waals surface area contributed by atoms with Gasteiger partial charge in [-0.3, -0.25) is 0 Å². The van der Waals surface area contributed by atoms with Crippen molar-refractivity contribution in [3.63, 3.8) is 0 Å². The van der Waals surface area contributed by atoms with Crippen molar-refractivity contribution in [1.29, 1.82) is 0 Å². The maximum absolute atomic E-state index is 10.7. The third-order valence-corrected chi connectivity index (χ3v) is 3.70. The smallest absolute Gasteiger partial charge is 0.493 e. The predicted molar refractivity (Wildman–Crippen MR) is 69.3 cm³/mol. The van der Waals surface area contributed by atoms with Crippen molar-refractivity contribution in [2.45, 2.75) is 38.7 Å². The first-order valence-corrected chi connectivity index (χ1v) is 6.35. The van der Waals surface area contributed by atoms with E-state index in [0.717, 1.165) is 18.4 Å². The van der Waals surface area contributed by atoms with Gasteiger partial charge in [0.2, 0.25) is 0 Å². The van der Waals surface area contributed by atoms with Crippen molar-refractivity contribution < 1.29 is 24.1 Å². The molecule has 0 saturated heterocycles. The highest BCUT2D eigenvalue weighted by Crippen LogP contribution is 2.48. The van der Waals surface area contributed by atoms with E-state index in [2.05, 4.69) is 13.8 Å². The van der Waals surface area contributed by atoms with Crippen LogP contribution in [0.5, 0.6) is 17.2 Å². The fraction of sp³-hybridized carbons (Fsp3) is 0.500. The molecule has 2 rings (SSSR count). The highest BCUT2D eigenvalue weighted by molar-refractivity contribution is 5.65. The first-order valence-electron chi connectivity index (χ1n) is 6.35. The minimum Gasteiger partial charge on any atom is -0.493 e. The van der Waals surface area contributed by atoms with Crippen molar-refractivity contribution in [2.75, 3.05) is 7.11 Å². The maximum atomic E-state index is 10.7. The summed E-state index contributed by atoms with van der Waals surface area (Å²) in [7, 11) is 1.56. The Labute approximate surface area is 112 Å². The molecule has 0 aliphatic carbocycles. The molecule has 0 amide bonds. The van der Waals surface area contributed by atoms with Crippen LogP contribution in [0.4, 0.5) is 4.79 Å². The average Bonchev–Trinajstić information content (AvgIpc) is 2.79. The van der Waals surface area contributed by atoms with E-state index in [1.54, 1.807) is 19.2 Å². The van der Waals surface area contributed by atoms with Crippen LogP contribution in [0.25, 0.3) is 0 Å². The van der Waals surface area contributed by atoms with E-state index < -0.39 is 6.16 Å². The minimum atomic E-state index is -1.32. The SMILES string of the molecule is CCC1(CC)Cc2c(OC(=O)O)ccc(OC)c2O1. The lowest BCUT2D eigenvalue weighted by Gasteiger charge is -2.25. The van der Waals surface area contributed by atoms with E-state index in [1.807, 2.05) is 0 Å². The van der Waals surface area contributed by atoms with Crippen LogP contribution in [0, 0.1) is 0 Å². The third kappa shape index (κ3) is 2.32. The summed E-state index contributed by atoms with van der Waals surface area (Å²) in [6.45, 7) is 4.11. The van der Waals surface area contributed by atoms with E-state index in [0.29, 0.717) is 23.7 Å². The zero-order valence-electron chi connectivity index (χ0n) is 11.4. The first kappa shape index (κ1) is 13.5. The van der Waals surface area contributed by atoms with Gasteiger partial charge >= 0.3 is 6.16 Å². The van der Waals surface area contributed by atoms with E-state index in [9.17, 15) is 4.79 Å². The van der Waals surface area contributed by atoms with Crippen molar-refractivity contribution >= 4 is 6.16 Å². The van der Waals surface area contributed by atoms with E-state index >= 15 is 0 Å². The molecule has 0 atom stereocenters. The molecule has 0 aromatic heterocycles. The van der Waals surface area contributed by atoms with E-state index in [4.69, 9.17) is 19.3 Å². The van der Waals surface area contributed by atoms with E-state index in [-0.39, 0.29) is 5.60 Å². The quantitative estimate of drug-likeness (QED) is 0.669. The molecule has 1 aliphatic rings. The molecule has 0 radical (unpaired) electrons. The summed E-state index contributed by atoms with van der Waals surface area (Å²) >= 11 is 0. The Balaban J connectivity index is 2.46. The summed E-state index contributed by atoms with van der Waals surface area (Å²) in [6.07, 6.45) is 0.995. The Bertz CT molecular complexity index is 491. The lowest BCUT2D eigenvalue weighted by atomic mass is 9.91. The molecule has 1 aromatic carbocycles. The molecule has 5 heteroatoms. The second-order valence-corrected chi connectivity index (χ2v) is 4.61. The Morgan fingerprint density at radius 3 is 2.53 bits per heavy atom. The molecular formula is C14H18O5. The molecule has 0 bridgehead atoms. The molecular weight excluding hydrogens is 248 g/mol. The van der Waals surface area contributed by atoms with Crippen LogP contribution in [-0.4, -0.2) is 24.0 Å². The second kappa shape index (κ2) is 4.99. The number of rotatable bonds is 4. The van der Waals surface area contributed by atoms with Crippen LogP contribution in [-0.2, 0) is 6.42 Å². The number of hydrogen-bond acceptors (Lipinski definition) is 4. The molecule has 5 nitrogen and oxygen atoms in total. The molecule has 1 aliphatic heterocycles. The summed E-state index contributed by atoms with van der Waals surface area (Å²) in [5, 5.41) is 8.77. The highest BCUT2D eigenvalue weighted by Gasteiger charge is 2.40. The topological polar surface area (TPSA) is 65.0 Å². The minimum absolute atomic E-state index is 0.298. The third-order valence-electron chi connectivity index (χ3n) is 3.70. The molecule has 1 aromatic rings. The Kier molecular flexibility index (Phi) is 3.55. The van der Waals surface area contributed by atoms with Crippen LogP contribution < -0.4 is 14.2 Å². The van der Waals surface area contributed by atoms with Gasteiger partial charge in [0.15, 0.2) is 11.5 Å². The number of methoxy groups -OCH3 is 1. The lowest BCUT2D eigenvalue weighted by Crippen LogP contribution is -2.32. The molecule has 19 heavy (non-hydrogen) atoms. The number of carbonyl (C=O) groups is 1. The summed E-state index contributed by atoms with van der Waals surface area (Å²) in [4.78, 5) is 10.7. The second-order valence-electron chi connectivity index (χ2n) is 4.61. The number of fused-ring (bicyclic) bond motifs is 1. The molecule has 0 spiro atoms. The van der Waals surface area contributed by atoms with Gasteiger partial charge in [-0.15, -0.1) is 0 Å². The van der Waals surface area contributed by atoms with E-state index in [1.165, 1.54) is 0 Å². The maximum Gasteiger partial charge on any atom is 0.511 e. The summed E-state index contributed by atoms with van der Waals surface area (Å²) in [6, 6.07) is 3.27. The number of hydrogen-bond donors (Lipinski definition) is 1. The normalized spacial score (nSPS) is 15.5. The van der Waals surface area contributed by atoms with Crippen molar-refractivity contribution in [3.8, 4) is 17.2 Å². The van der Waals surface area contributed by atoms with Crippen LogP contribution in [0.2, 0.25) is 0 Å². The number of carboxylic acid groups (broad SMARTS) is 1. The molecule has 0 saturated carbocycles. The predicted octanol–water partition coefficient (Wildman–Crippen LogP) is 3.25. The van der Waals surface area contributed by atoms with Crippen molar-refractivity contribution in [2.24, 2.45) is 0 Å². The summed E-state index contributed by atoms with van der Waals surface area (Å²) < 4.78 is 16.1. The monoisotopic (exact) mass is 266 g/mol. The van der Waals surface area contributed by atoms with Gasteiger partial charge in [-0.05, 0) is 25.0 Å². The zero-order valence-corrected chi connectivity index (χ0v) is 11.4. The lowest BCUT2D eigenvalue weighted by molar-refractivity contribution is 0.0827. The van der Waals surface area contributed by atoms with Gasteiger partial charge in [-0.1, -0.05) is 13.8 Å². The highest BCUT2D eigenvalue weighted by atomic mass is 16.7. The molecule has 0 unspecified atom stereocenters. The zero-order chi connectivity index (χ0) is 14.0. The molecule has 1 heterocycles. The standard InChI is InChI=1S/C14H18O5/c1-4-14(5-2)8-9-10(18-13(15)16)6-7-11(17-3)12(9)19-14/h6-7H,4-5,8H2,1-3H3,(H,15,16). The Hall–Kier alpha value is -1.91. The van der Waals surface area contributed by atoms with Crippen molar-refractivity contribution in [3.05, 3.63) is 17.7 Å². The van der Waals surface area contributed by atoms with Gasteiger partial charge in [0, 0.05) is 12.0 Å². The Morgan fingerprint density at radius 1 is 1.37 bits per heavy atom. The average molecular weight is 266 g/mol. The van der Waals surface area contributed by atoms with Crippen LogP contribution >= 0.6 is 0 Å². The number of ether oxygens (including phenoxy) is 3. The van der Waals surface area contributed by atoms with Crippen LogP contribution in [0.3, 0.4) is 0 Å². The summed E-state index contributed by atoms with van der Waals surface area (Å²) in [5.74, 6) is 1.54. The van der Waals surface area contributed by atoms with Crippen molar-refractivity contribution in [1.82, 2.24) is 0 Å². The van der Waals surface area contributed by atoms with Gasteiger partial charge in [0.05, 0.1) is 7.11 Å². The van der Waals surface area contributed by atoms with Crippen LogP contribution in [0.15, 0.2) is 12.1 Å². The largest absolute Gasteiger partial charge is 0.511 e. The Morgan fingerprint density at radius 2 is 2.00 bits per heavy atom. The molecule has 104 valence electrons. The molecule has 0 fully saturated rings. The van der Waals surface area contributed by atoms with Gasteiger partial charge in [-0.25, -0.2) is 4.79 Å². The fourth-order valence-electron chi connectivity index (χ4n) is 2.44. The van der Waals surface area contributed by atoms with Crippen LogP contribution in [0.1, 0.15) is 32.3 Å². The van der Waals surface area contributed by atoms with Gasteiger partial charge in [-0.2, -0.15) is 0 Å². The molecule has 1 N–H and O–H groups in total. The van der Waals surface area contributed by atoms with Gasteiger partial charge in [0.1, 0.15) is 11.4 Å². The van der Waals surface area contributed by atoms with Gasteiger partial charge in [0.25, 0.3) is 0 Å². The fourth-order valence-corrected chi connectivity index (χ4v) is 2.44. The summed E-state index contributed by atoms with van der Waals surface area (Å²) in [5.41, 5.74) is 0.471. The number of benzene rings is 1. The van der Waals surface area contributed by atoms with Gasteiger partial charge < -0.3 is 19.3 Å². The first-order chi connectivity index (χ1) is 9.05.